The highest BCUT2D eigenvalue weighted by molar-refractivity contribution is 5.98. The van der Waals surface area contributed by atoms with Gasteiger partial charge in [-0.05, 0) is 38.1 Å². The molecule has 14 heavy (non-hydrogen) atoms. The van der Waals surface area contributed by atoms with Crippen LogP contribution in [0, 0.1) is 11.3 Å². The standard InChI is InChI=1S/C11H15N3/c12-11(9-4-7-13-8-5-9)10-3-1-2-6-14-10/h1-3,6,9,12-13H,4-5,7-8H2. The topological polar surface area (TPSA) is 48.8 Å². The number of nitrogens with one attached hydrogen (secondary N) is 2. The van der Waals surface area contributed by atoms with Gasteiger partial charge in [0.1, 0.15) is 0 Å². The molecule has 1 aliphatic heterocycles. The fourth-order valence-electron chi connectivity index (χ4n) is 1.84. The van der Waals surface area contributed by atoms with Crippen LogP contribution in [-0.4, -0.2) is 23.8 Å². The maximum Gasteiger partial charge on any atom is 0.0840 e. The van der Waals surface area contributed by atoms with Crippen molar-refractivity contribution in [3.63, 3.8) is 0 Å². The predicted molar refractivity (Wildman–Crippen MR) is 56.7 cm³/mol. The monoisotopic (exact) mass is 189 g/mol. The first kappa shape index (κ1) is 9.34. The Hall–Kier alpha value is -1.22. The van der Waals surface area contributed by atoms with Gasteiger partial charge in [0.25, 0.3) is 0 Å². The van der Waals surface area contributed by atoms with Crippen LogP contribution in [-0.2, 0) is 0 Å². The number of aromatic nitrogens is 1. The number of hydrogen-bond acceptors (Lipinski definition) is 3. The van der Waals surface area contributed by atoms with E-state index in [4.69, 9.17) is 5.41 Å². The molecule has 2 N–H and O–H groups in total. The molecule has 0 unspecified atom stereocenters. The van der Waals surface area contributed by atoms with E-state index in [1.165, 1.54) is 0 Å². The van der Waals surface area contributed by atoms with Crippen LogP contribution in [0.25, 0.3) is 0 Å². The molecule has 2 rings (SSSR count). The molecule has 1 saturated heterocycles. The fraction of sp³-hybridized carbons (Fsp3) is 0.455. The van der Waals surface area contributed by atoms with Crippen molar-refractivity contribution in [2.24, 2.45) is 5.92 Å². The van der Waals surface area contributed by atoms with Gasteiger partial charge < -0.3 is 10.7 Å². The second kappa shape index (κ2) is 4.33. The Morgan fingerprint density at radius 1 is 1.36 bits per heavy atom. The lowest BCUT2D eigenvalue weighted by Crippen LogP contribution is -2.32. The Morgan fingerprint density at radius 3 is 2.79 bits per heavy atom. The largest absolute Gasteiger partial charge is 0.317 e. The lowest BCUT2D eigenvalue weighted by atomic mass is 9.91. The second-order valence-electron chi connectivity index (χ2n) is 3.65. The van der Waals surface area contributed by atoms with E-state index in [2.05, 4.69) is 10.3 Å². The van der Waals surface area contributed by atoms with Crippen LogP contribution in [0.3, 0.4) is 0 Å². The summed E-state index contributed by atoms with van der Waals surface area (Å²) in [5.74, 6) is 0.395. The van der Waals surface area contributed by atoms with Crippen molar-refractivity contribution in [3.05, 3.63) is 30.1 Å². The molecule has 0 saturated carbocycles. The molecule has 3 nitrogen and oxygen atoms in total. The third-order valence-corrected chi connectivity index (χ3v) is 2.69. The van der Waals surface area contributed by atoms with Crippen LogP contribution in [0.1, 0.15) is 18.5 Å². The Labute approximate surface area is 84.1 Å². The summed E-state index contributed by atoms with van der Waals surface area (Å²) in [7, 11) is 0. The smallest absolute Gasteiger partial charge is 0.0840 e. The lowest BCUT2D eigenvalue weighted by molar-refractivity contribution is 0.455. The van der Waals surface area contributed by atoms with Gasteiger partial charge >= 0.3 is 0 Å². The van der Waals surface area contributed by atoms with E-state index in [1.807, 2.05) is 18.2 Å². The summed E-state index contributed by atoms with van der Waals surface area (Å²) in [5.41, 5.74) is 1.53. The summed E-state index contributed by atoms with van der Waals surface area (Å²) in [6.45, 7) is 2.06. The zero-order valence-electron chi connectivity index (χ0n) is 8.16. The first-order chi connectivity index (χ1) is 6.88. The number of rotatable bonds is 2. The third kappa shape index (κ3) is 1.99. The van der Waals surface area contributed by atoms with Crippen molar-refractivity contribution in [2.45, 2.75) is 12.8 Å². The average Bonchev–Trinajstić information content (AvgIpc) is 2.30. The first-order valence-electron chi connectivity index (χ1n) is 5.08. The molecular formula is C11H15N3. The van der Waals surface area contributed by atoms with E-state index in [0.29, 0.717) is 11.6 Å². The zero-order valence-corrected chi connectivity index (χ0v) is 8.16. The molecule has 1 aromatic heterocycles. The van der Waals surface area contributed by atoms with Crippen molar-refractivity contribution >= 4 is 5.71 Å². The van der Waals surface area contributed by atoms with Crippen molar-refractivity contribution < 1.29 is 0 Å². The molecule has 1 aliphatic rings. The van der Waals surface area contributed by atoms with E-state index < -0.39 is 0 Å². The number of hydrogen-bond donors (Lipinski definition) is 2. The van der Waals surface area contributed by atoms with Crippen LogP contribution in [0.5, 0.6) is 0 Å². The Kier molecular flexibility index (Phi) is 2.89. The molecule has 0 aliphatic carbocycles. The van der Waals surface area contributed by atoms with Gasteiger partial charge in [-0.3, -0.25) is 4.98 Å². The molecule has 1 fully saturated rings. The van der Waals surface area contributed by atoms with Crippen molar-refractivity contribution in [3.8, 4) is 0 Å². The van der Waals surface area contributed by atoms with Crippen molar-refractivity contribution in [2.75, 3.05) is 13.1 Å². The fourth-order valence-corrected chi connectivity index (χ4v) is 1.84. The number of piperidine rings is 1. The van der Waals surface area contributed by atoms with Crippen LogP contribution < -0.4 is 5.32 Å². The zero-order chi connectivity index (χ0) is 9.80. The van der Waals surface area contributed by atoms with Gasteiger partial charge in [0, 0.05) is 12.1 Å². The van der Waals surface area contributed by atoms with E-state index in [9.17, 15) is 0 Å². The molecule has 3 heteroatoms. The van der Waals surface area contributed by atoms with Gasteiger partial charge in [-0.1, -0.05) is 6.07 Å². The molecule has 1 aromatic rings. The maximum atomic E-state index is 8.03. The van der Waals surface area contributed by atoms with E-state index >= 15 is 0 Å². The summed E-state index contributed by atoms with van der Waals surface area (Å²) < 4.78 is 0. The molecule has 0 amide bonds. The summed E-state index contributed by atoms with van der Waals surface area (Å²) in [4.78, 5) is 4.21. The Morgan fingerprint density at radius 2 is 2.14 bits per heavy atom. The highest BCUT2D eigenvalue weighted by atomic mass is 14.9. The highest BCUT2D eigenvalue weighted by Crippen LogP contribution is 2.16. The maximum absolute atomic E-state index is 8.03. The normalized spacial score (nSPS) is 18.0. The summed E-state index contributed by atoms with van der Waals surface area (Å²) >= 11 is 0. The van der Waals surface area contributed by atoms with Gasteiger partial charge in [0.2, 0.25) is 0 Å². The van der Waals surface area contributed by atoms with E-state index in [-0.39, 0.29) is 0 Å². The number of nitrogens with zero attached hydrogens (tertiary/aromatic N) is 1. The van der Waals surface area contributed by atoms with Crippen LogP contribution in [0.4, 0.5) is 0 Å². The minimum atomic E-state index is 0.395. The molecule has 0 bridgehead atoms. The second-order valence-corrected chi connectivity index (χ2v) is 3.65. The predicted octanol–water partition coefficient (Wildman–Crippen LogP) is 1.45. The Bertz CT molecular complexity index is 302. The quantitative estimate of drug-likeness (QED) is 0.692. The first-order valence-corrected chi connectivity index (χ1v) is 5.08. The minimum absolute atomic E-state index is 0.395. The summed E-state index contributed by atoms with van der Waals surface area (Å²) in [6, 6.07) is 5.75. The molecule has 74 valence electrons. The molecule has 0 aromatic carbocycles. The Balaban J connectivity index is 2.07. The third-order valence-electron chi connectivity index (χ3n) is 2.69. The van der Waals surface area contributed by atoms with Gasteiger partial charge in [0.05, 0.1) is 11.4 Å². The van der Waals surface area contributed by atoms with E-state index in [0.717, 1.165) is 31.6 Å². The molecule has 0 spiro atoms. The number of pyridine rings is 1. The summed E-state index contributed by atoms with van der Waals surface area (Å²) in [5, 5.41) is 11.3. The van der Waals surface area contributed by atoms with Gasteiger partial charge in [0.15, 0.2) is 0 Å². The van der Waals surface area contributed by atoms with Crippen LogP contribution >= 0.6 is 0 Å². The molecule has 2 heterocycles. The highest BCUT2D eigenvalue weighted by Gasteiger charge is 2.19. The van der Waals surface area contributed by atoms with Crippen LogP contribution in [0.2, 0.25) is 0 Å². The van der Waals surface area contributed by atoms with Crippen molar-refractivity contribution in [1.82, 2.24) is 10.3 Å². The van der Waals surface area contributed by atoms with Gasteiger partial charge in [-0.15, -0.1) is 0 Å². The van der Waals surface area contributed by atoms with Crippen molar-refractivity contribution in [1.29, 1.82) is 5.41 Å². The average molecular weight is 189 g/mol. The van der Waals surface area contributed by atoms with Crippen LogP contribution in [0.15, 0.2) is 24.4 Å². The van der Waals surface area contributed by atoms with Gasteiger partial charge in [-0.2, -0.15) is 0 Å². The van der Waals surface area contributed by atoms with Gasteiger partial charge in [-0.25, -0.2) is 0 Å². The molecule has 0 radical (unpaired) electrons. The minimum Gasteiger partial charge on any atom is -0.317 e. The lowest BCUT2D eigenvalue weighted by Gasteiger charge is -2.22. The summed E-state index contributed by atoms with van der Waals surface area (Å²) in [6.07, 6.45) is 3.88. The molecule has 0 atom stereocenters. The molecular weight excluding hydrogens is 174 g/mol. The van der Waals surface area contributed by atoms with E-state index in [1.54, 1.807) is 6.20 Å². The SMILES string of the molecule is N=C(c1ccccn1)C1CCNCC1.